The molecule has 3 aromatic rings. The van der Waals surface area contributed by atoms with Crippen LogP contribution in [0.15, 0.2) is 44.9 Å². The van der Waals surface area contributed by atoms with Crippen LogP contribution < -0.4 is 16.6 Å². The van der Waals surface area contributed by atoms with Gasteiger partial charge in [-0.25, -0.2) is 9.78 Å². The topological polar surface area (TPSA) is 86.0 Å². The van der Waals surface area contributed by atoms with Gasteiger partial charge in [-0.2, -0.15) is 0 Å². The summed E-state index contributed by atoms with van der Waals surface area (Å²) in [5.74, 6) is -0.00306. The number of nitrogens with zero attached hydrogens (tertiary/aromatic N) is 3. The standard InChI is InChI=1S/C22H26N4O3S/c1-5-6-9-15-12-23-20-18(21(28)26(4)22(29)25(20)3)19(15)30-13-17(27)24-16-10-7-8-14(2)11-16/h7-8,10-12H,5-6,9,13H2,1-4H3,(H,24,27). The number of rotatable bonds is 7. The SMILES string of the molecule is CCCCc1cnc2c(c1SCC(=O)Nc1cccc(C)c1)c(=O)n(C)c(=O)n2C. The molecule has 0 fully saturated rings. The average Bonchev–Trinajstić information content (AvgIpc) is 2.73. The number of unbranched alkanes of at least 4 members (excludes halogenated alkanes) is 1. The van der Waals surface area contributed by atoms with Crippen molar-refractivity contribution in [3.05, 3.63) is 62.4 Å². The molecule has 1 amide bonds. The molecule has 0 unspecified atom stereocenters. The van der Waals surface area contributed by atoms with Crippen molar-refractivity contribution in [3.63, 3.8) is 0 Å². The van der Waals surface area contributed by atoms with Crippen LogP contribution in [0.25, 0.3) is 11.0 Å². The minimum atomic E-state index is -0.422. The van der Waals surface area contributed by atoms with Crippen LogP contribution in [0, 0.1) is 6.92 Å². The third-order valence-corrected chi connectivity index (χ3v) is 6.11. The molecule has 30 heavy (non-hydrogen) atoms. The molecule has 0 aliphatic rings. The summed E-state index contributed by atoms with van der Waals surface area (Å²) in [4.78, 5) is 42.9. The van der Waals surface area contributed by atoms with Crippen molar-refractivity contribution in [2.75, 3.05) is 11.1 Å². The smallest absolute Gasteiger partial charge is 0.325 e. The van der Waals surface area contributed by atoms with E-state index in [1.807, 2.05) is 31.2 Å². The molecule has 2 aromatic heterocycles. The summed E-state index contributed by atoms with van der Waals surface area (Å²) in [6, 6.07) is 7.60. The zero-order valence-electron chi connectivity index (χ0n) is 17.7. The van der Waals surface area contributed by atoms with E-state index in [0.29, 0.717) is 11.0 Å². The van der Waals surface area contributed by atoms with E-state index in [4.69, 9.17) is 0 Å². The van der Waals surface area contributed by atoms with Crippen molar-refractivity contribution in [3.8, 4) is 0 Å². The molecule has 0 atom stereocenters. The number of aromatic nitrogens is 3. The van der Waals surface area contributed by atoms with Crippen molar-refractivity contribution >= 4 is 34.4 Å². The summed E-state index contributed by atoms with van der Waals surface area (Å²) in [5, 5.41) is 3.29. The minimum absolute atomic E-state index is 0.151. The first kappa shape index (κ1) is 21.8. The van der Waals surface area contributed by atoms with E-state index < -0.39 is 5.69 Å². The van der Waals surface area contributed by atoms with E-state index in [-0.39, 0.29) is 17.2 Å². The van der Waals surface area contributed by atoms with Gasteiger partial charge in [0.15, 0.2) is 0 Å². The van der Waals surface area contributed by atoms with Crippen LogP contribution in [-0.2, 0) is 25.3 Å². The van der Waals surface area contributed by atoms with Crippen LogP contribution in [0.4, 0.5) is 5.69 Å². The van der Waals surface area contributed by atoms with Crippen LogP contribution in [0.1, 0.15) is 30.9 Å². The molecule has 158 valence electrons. The number of amides is 1. The number of nitrogens with one attached hydrogen (secondary N) is 1. The van der Waals surface area contributed by atoms with E-state index >= 15 is 0 Å². The van der Waals surface area contributed by atoms with Gasteiger partial charge in [-0.15, -0.1) is 11.8 Å². The molecule has 2 heterocycles. The molecule has 0 aliphatic heterocycles. The molecule has 1 aromatic carbocycles. The fourth-order valence-electron chi connectivity index (χ4n) is 3.31. The molecule has 0 radical (unpaired) electrons. The Morgan fingerprint density at radius 2 is 1.97 bits per heavy atom. The number of pyridine rings is 1. The molecular weight excluding hydrogens is 400 g/mol. The van der Waals surface area contributed by atoms with Crippen LogP contribution in [0.5, 0.6) is 0 Å². The molecule has 0 saturated carbocycles. The van der Waals surface area contributed by atoms with E-state index in [0.717, 1.165) is 45.5 Å². The van der Waals surface area contributed by atoms with Crippen molar-refractivity contribution in [1.29, 1.82) is 0 Å². The second kappa shape index (κ2) is 9.30. The van der Waals surface area contributed by atoms with Gasteiger partial charge in [0.05, 0.1) is 11.1 Å². The summed E-state index contributed by atoms with van der Waals surface area (Å²) >= 11 is 1.32. The van der Waals surface area contributed by atoms with Crippen LogP contribution >= 0.6 is 11.8 Å². The van der Waals surface area contributed by atoms with Crippen LogP contribution in [0.3, 0.4) is 0 Å². The molecule has 7 nitrogen and oxygen atoms in total. The molecule has 0 saturated heterocycles. The second-order valence-corrected chi connectivity index (χ2v) is 8.31. The van der Waals surface area contributed by atoms with E-state index in [1.54, 1.807) is 13.2 Å². The van der Waals surface area contributed by atoms with Gasteiger partial charge in [-0.3, -0.25) is 18.7 Å². The maximum atomic E-state index is 12.9. The summed E-state index contributed by atoms with van der Waals surface area (Å²) in [5.41, 5.74) is 2.25. The Morgan fingerprint density at radius 3 is 2.67 bits per heavy atom. The first-order chi connectivity index (χ1) is 14.3. The van der Waals surface area contributed by atoms with Gasteiger partial charge < -0.3 is 5.32 Å². The lowest BCUT2D eigenvalue weighted by Gasteiger charge is -2.14. The fourth-order valence-corrected chi connectivity index (χ4v) is 4.32. The number of hydrogen-bond donors (Lipinski definition) is 1. The monoisotopic (exact) mass is 426 g/mol. The quantitative estimate of drug-likeness (QED) is 0.587. The summed E-state index contributed by atoms with van der Waals surface area (Å²) in [7, 11) is 3.06. The fraction of sp³-hybridized carbons (Fsp3) is 0.364. The number of fused-ring (bicyclic) bond motifs is 1. The highest BCUT2D eigenvalue weighted by Crippen LogP contribution is 2.29. The number of benzene rings is 1. The van der Waals surface area contributed by atoms with Gasteiger partial charge in [0.2, 0.25) is 5.91 Å². The van der Waals surface area contributed by atoms with E-state index in [2.05, 4.69) is 17.2 Å². The number of aryl methyl sites for hydroxylation is 3. The Labute approximate surface area is 179 Å². The summed E-state index contributed by atoms with van der Waals surface area (Å²) in [6.45, 7) is 4.06. The molecule has 0 bridgehead atoms. The third kappa shape index (κ3) is 4.48. The van der Waals surface area contributed by atoms with Gasteiger partial charge in [0.25, 0.3) is 5.56 Å². The maximum Gasteiger partial charge on any atom is 0.332 e. The zero-order chi connectivity index (χ0) is 21.8. The largest absolute Gasteiger partial charge is 0.332 e. The summed E-state index contributed by atoms with van der Waals surface area (Å²) < 4.78 is 2.46. The zero-order valence-corrected chi connectivity index (χ0v) is 18.5. The molecule has 8 heteroatoms. The van der Waals surface area contributed by atoms with Crippen LogP contribution in [0.2, 0.25) is 0 Å². The van der Waals surface area contributed by atoms with Gasteiger partial charge in [-0.05, 0) is 43.0 Å². The highest BCUT2D eigenvalue weighted by Gasteiger charge is 2.18. The normalized spacial score (nSPS) is 11.1. The number of thioether (sulfide) groups is 1. The second-order valence-electron chi connectivity index (χ2n) is 7.33. The van der Waals surface area contributed by atoms with Crippen LogP contribution in [-0.4, -0.2) is 25.8 Å². The third-order valence-electron chi connectivity index (χ3n) is 4.94. The van der Waals surface area contributed by atoms with Gasteiger partial charge in [0, 0.05) is 30.9 Å². The number of anilines is 1. The van der Waals surface area contributed by atoms with Crippen molar-refractivity contribution in [1.82, 2.24) is 14.1 Å². The lowest BCUT2D eigenvalue weighted by molar-refractivity contribution is -0.113. The Balaban J connectivity index is 1.98. The average molecular weight is 427 g/mol. The molecule has 1 N–H and O–H groups in total. The Bertz CT molecular complexity index is 1210. The van der Waals surface area contributed by atoms with Gasteiger partial charge in [0.1, 0.15) is 5.65 Å². The molecule has 3 rings (SSSR count). The van der Waals surface area contributed by atoms with E-state index in [9.17, 15) is 14.4 Å². The molecule has 0 spiro atoms. The predicted octanol–water partition coefficient (Wildman–Crippen LogP) is 3.01. The Morgan fingerprint density at radius 1 is 1.20 bits per heavy atom. The van der Waals surface area contributed by atoms with Gasteiger partial charge >= 0.3 is 5.69 Å². The van der Waals surface area contributed by atoms with Crippen molar-refractivity contribution in [2.24, 2.45) is 14.1 Å². The predicted molar refractivity (Wildman–Crippen MR) is 121 cm³/mol. The van der Waals surface area contributed by atoms with Gasteiger partial charge in [-0.1, -0.05) is 25.5 Å². The lowest BCUT2D eigenvalue weighted by atomic mass is 10.1. The number of hydrogen-bond acceptors (Lipinski definition) is 5. The highest BCUT2D eigenvalue weighted by atomic mass is 32.2. The molecule has 0 aliphatic carbocycles. The number of carbonyl (C=O) groups is 1. The molecular formula is C22H26N4O3S. The summed E-state index contributed by atoms with van der Waals surface area (Å²) in [6.07, 6.45) is 4.43. The van der Waals surface area contributed by atoms with E-state index in [1.165, 1.54) is 23.4 Å². The first-order valence-corrected chi connectivity index (χ1v) is 10.9. The first-order valence-electron chi connectivity index (χ1n) is 9.90. The van der Waals surface area contributed by atoms with Crippen molar-refractivity contribution in [2.45, 2.75) is 38.0 Å². The lowest BCUT2D eigenvalue weighted by Crippen LogP contribution is -2.37. The number of carbonyl (C=O) groups excluding carboxylic acids is 1. The minimum Gasteiger partial charge on any atom is -0.325 e. The Kier molecular flexibility index (Phi) is 6.77. The van der Waals surface area contributed by atoms with Crippen molar-refractivity contribution < 1.29 is 4.79 Å². The maximum absolute atomic E-state index is 12.9. The Hall–Kier alpha value is -2.87. The highest BCUT2D eigenvalue weighted by molar-refractivity contribution is 8.00.